The van der Waals surface area contributed by atoms with E-state index in [0.29, 0.717) is 51.6 Å². The SMILES string of the molecule is COc1ccc(-c2nc3c(c(SCC(=O)Nc4cccc(OC)c4)n2)Cc2c(CO)cnc(C)c2O3)cc1. The van der Waals surface area contributed by atoms with E-state index in [2.05, 4.69) is 10.3 Å². The van der Waals surface area contributed by atoms with Gasteiger partial charge in [-0.05, 0) is 43.3 Å². The summed E-state index contributed by atoms with van der Waals surface area (Å²) in [5, 5.41) is 13.4. The minimum atomic E-state index is -0.185. The fourth-order valence-corrected chi connectivity index (χ4v) is 4.94. The molecule has 0 atom stereocenters. The highest BCUT2D eigenvalue weighted by molar-refractivity contribution is 8.00. The molecule has 0 radical (unpaired) electrons. The first-order valence-electron chi connectivity index (χ1n) is 11.9. The summed E-state index contributed by atoms with van der Waals surface area (Å²) in [7, 11) is 3.19. The lowest BCUT2D eigenvalue weighted by Gasteiger charge is -2.24. The van der Waals surface area contributed by atoms with Crippen molar-refractivity contribution in [1.82, 2.24) is 15.0 Å². The molecule has 0 saturated heterocycles. The van der Waals surface area contributed by atoms with E-state index in [-0.39, 0.29) is 18.3 Å². The van der Waals surface area contributed by atoms with E-state index in [1.54, 1.807) is 32.5 Å². The molecule has 0 aliphatic carbocycles. The molecule has 10 heteroatoms. The van der Waals surface area contributed by atoms with Crippen LogP contribution in [0.5, 0.6) is 23.1 Å². The number of nitrogens with zero attached hydrogens (tertiary/aromatic N) is 3. The molecule has 0 saturated carbocycles. The Bertz CT molecular complexity index is 1490. The van der Waals surface area contributed by atoms with Crippen LogP contribution in [-0.4, -0.2) is 45.9 Å². The van der Waals surface area contributed by atoms with Crippen LogP contribution in [-0.2, 0) is 17.8 Å². The molecule has 2 aromatic heterocycles. The third-order valence-electron chi connectivity index (χ3n) is 6.10. The maximum Gasteiger partial charge on any atom is 0.234 e. The van der Waals surface area contributed by atoms with Crippen LogP contribution in [0.4, 0.5) is 5.69 Å². The summed E-state index contributed by atoms with van der Waals surface area (Å²) in [6, 6.07) is 14.6. The van der Waals surface area contributed by atoms with E-state index in [1.165, 1.54) is 11.8 Å². The Morgan fingerprint density at radius 1 is 1.08 bits per heavy atom. The molecule has 2 N–H and O–H groups in total. The van der Waals surface area contributed by atoms with Gasteiger partial charge in [0.25, 0.3) is 0 Å². The van der Waals surface area contributed by atoms with Crippen molar-refractivity contribution in [3.05, 3.63) is 77.1 Å². The number of carbonyl (C=O) groups is 1. The smallest absolute Gasteiger partial charge is 0.234 e. The number of carbonyl (C=O) groups excluding carboxylic acids is 1. The molecule has 1 aliphatic rings. The summed E-state index contributed by atoms with van der Waals surface area (Å²) in [5.41, 5.74) is 4.42. The lowest BCUT2D eigenvalue weighted by atomic mass is 9.99. The average Bonchev–Trinajstić information content (AvgIpc) is 2.95. The fourth-order valence-electron chi connectivity index (χ4n) is 4.11. The molecule has 0 bridgehead atoms. The summed E-state index contributed by atoms with van der Waals surface area (Å²) in [5.74, 6) is 2.79. The monoisotopic (exact) mass is 530 g/mol. The van der Waals surface area contributed by atoms with Crippen molar-refractivity contribution in [1.29, 1.82) is 0 Å². The Balaban J connectivity index is 1.47. The number of pyridine rings is 1. The van der Waals surface area contributed by atoms with Gasteiger partial charge >= 0.3 is 0 Å². The zero-order chi connectivity index (χ0) is 26.6. The van der Waals surface area contributed by atoms with Crippen molar-refractivity contribution in [3.8, 4) is 34.5 Å². The van der Waals surface area contributed by atoms with Crippen LogP contribution in [0, 0.1) is 6.92 Å². The summed E-state index contributed by atoms with van der Waals surface area (Å²) < 4.78 is 16.8. The number of aliphatic hydroxyl groups is 1. The normalized spacial score (nSPS) is 11.7. The highest BCUT2D eigenvalue weighted by Gasteiger charge is 2.28. The quantitative estimate of drug-likeness (QED) is 0.216. The van der Waals surface area contributed by atoms with Gasteiger partial charge in [0.1, 0.15) is 16.5 Å². The zero-order valence-electron chi connectivity index (χ0n) is 21.1. The number of rotatable bonds is 8. The van der Waals surface area contributed by atoms with Gasteiger partial charge in [0, 0.05) is 41.1 Å². The molecule has 3 heterocycles. The van der Waals surface area contributed by atoms with E-state index >= 15 is 0 Å². The third-order valence-corrected chi connectivity index (χ3v) is 7.12. The summed E-state index contributed by atoms with van der Waals surface area (Å²) in [4.78, 5) is 26.7. The van der Waals surface area contributed by atoms with Gasteiger partial charge in [-0.15, -0.1) is 0 Å². The fraction of sp³-hybridized carbons (Fsp3) is 0.214. The standard InChI is InChI=1S/C28H26N4O5S/c1-16-25-22(18(14-33)13-29-16)12-23-27(37-25)31-26(17-7-9-20(35-2)10-8-17)32-28(23)38-15-24(34)30-19-5-4-6-21(11-19)36-3/h4-11,13,33H,12,14-15H2,1-3H3,(H,30,34). The maximum atomic E-state index is 12.8. The molecule has 2 aromatic carbocycles. The summed E-state index contributed by atoms with van der Waals surface area (Å²) >= 11 is 1.30. The molecule has 1 aliphatic heterocycles. The number of hydrogen-bond donors (Lipinski definition) is 2. The molecule has 0 unspecified atom stereocenters. The molecule has 38 heavy (non-hydrogen) atoms. The van der Waals surface area contributed by atoms with Crippen LogP contribution < -0.4 is 19.5 Å². The second-order valence-corrected chi connectivity index (χ2v) is 9.51. The van der Waals surface area contributed by atoms with Gasteiger partial charge in [0.05, 0.1) is 37.8 Å². The van der Waals surface area contributed by atoms with Gasteiger partial charge in [-0.25, -0.2) is 4.98 Å². The third kappa shape index (κ3) is 5.27. The number of aliphatic hydroxyl groups excluding tert-OH is 1. The molecule has 0 fully saturated rings. The van der Waals surface area contributed by atoms with Crippen LogP contribution in [0.3, 0.4) is 0 Å². The maximum absolute atomic E-state index is 12.8. The number of hydrogen-bond acceptors (Lipinski definition) is 9. The Labute approximate surface area is 224 Å². The minimum absolute atomic E-state index is 0.123. The number of nitrogens with one attached hydrogen (secondary N) is 1. The second kappa shape index (κ2) is 11.1. The Morgan fingerprint density at radius 3 is 2.61 bits per heavy atom. The lowest BCUT2D eigenvalue weighted by Crippen LogP contribution is -2.16. The van der Waals surface area contributed by atoms with Crippen molar-refractivity contribution >= 4 is 23.4 Å². The molecule has 1 amide bonds. The average molecular weight is 531 g/mol. The van der Waals surface area contributed by atoms with Crippen LogP contribution >= 0.6 is 11.8 Å². The first kappa shape index (κ1) is 25.5. The second-order valence-electron chi connectivity index (χ2n) is 8.55. The van der Waals surface area contributed by atoms with Crippen LogP contribution in [0.15, 0.2) is 59.8 Å². The van der Waals surface area contributed by atoms with Crippen molar-refractivity contribution in [2.45, 2.75) is 25.0 Å². The Hall–Kier alpha value is -4.15. The number of thioether (sulfide) groups is 1. The Morgan fingerprint density at radius 2 is 1.87 bits per heavy atom. The highest BCUT2D eigenvalue weighted by atomic mass is 32.2. The van der Waals surface area contributed by atoms with Gasteiger partial charge in [-0.1, -0.05) is 17.8 Å². The molecule has 194 valence electrons. The predicted octanol–water partition coefficient (Wildman–Crippen LogP) is 4.78. The van der Waals surface area contributed by atoms with Crippen molar-refractivity contribution in [2.75, 3.05) is 25.3 Å². The largest absolute Gasteiger partial charge is 0.497 e. The summed E-state index contributed by atoms with van der Waals surface area (Å²) in [6.45, 7) is 1.69. The molecular formula is C28H26N4O5S. The number of aryl methyl sites for hydroxylation is 1. The van der Waals surface area contributed by atoms with Crippen LogP contribution in [0.25, 0.3) is 11.4 Å². The first-order valence-corrected chi connectivity index (χ1v) is 12.9. The topological polar surface area (TPSA) is 116 Å². The van der Waals surface area contributed by atoms with Gasteiger partial charge < -0.3 is 24.6 Å². The van der Waals surface area contributed by atoms with E-state index in [0.717, 1.165) is 22.4 Å². The molecule has 0 spiro atoms. The first-order chi connectivity index (χ1) is 18.5. The van der Waals surface area contributed by atoms with Crippen LogP contribution in [0.2, 0.25) is 0 Å². The molecule has 4 aromatic rings. The minimum Gasteiger partial charge on any atom is -0.497 e. The van der Waals surface area contributed by atoms with Gasteiger partial charge in [-0.3, -0.25) is 9.78 Å². The van der Waals surface area contributed by atoms with Crippen molar-refractivity contribution < 1.29 is 24.1 Å². The predicted molar refractivity (Wildman–Crippen MR) is 144 cm³/mol. The number of fused-ring (bicyclic) bond motifs is 2. The van der Waals surface area contributed by atoms with E-state index < -0.39 is 0 Å². The zero-order valence-corrected chi connectivity index (χ0v) is 22.0. The number of ether oxygens (including phenoxy) is 3. The molecule has 5 rings (SSSR count). The van der Waals surface area contributed by atoms with Crippen LogP contribution in [0.1, 0.15) is 22.4 Å². The van der Waals surface area contributed by atoms with Crippen molar-refractivity contribution in [2.24, 2.45) is 0 Å². The number of aromatic nitrogens is 3. The summed E-state index contributed by atoms with van der Waals surface area (Å²) in [6.07, 6.45) is 2.11. The van der Waals surface area contributed by atoms with E-state index in [1.807, 2.05) is 43.3 Å². The molecular weight excluding hydrogens is 504 g/mol. The van der Waals surface area contributed by atoms with Gasteiger partial charge in [0.2, 0.25) is 11.8 Å². The van der Waals surface area contributed by atoms with Gasteiger partial charge in [-0.2, -0.15) is 4.98 Å². The van der Waals surface area contributed by atoms with Crippen molar-refractivity contribution in [3.63, 3.8) is 0 Å². The number of methoxy groups -OCH3 is 2. The highest BCUT2D eigenvalue weighted by Crippen LogP contribution is 2.42. The van der Waals surface area contributed by atoms with E-state index in [4.69, 9.17) is 24.2 Å². The van der Waals surface area contributed by atoms with E-state index in [9.17, 15) is 9.90 Å². The number of benzene rings is 2. The number of amides is 1. The van der Waals surface area contributed by atoms with Gasteiger partial charge in [0.15, 0.2) is 11.6 Å². The number of anilines is 1. The molecule has 9 nitrogen and oxygen atoms in total. The lowest BCUT2D eigenvalue weighted by molar-refractivity contribution is -0.113. The Kier molecular flexibility index (Phi) is 7.43.